The first-order chi connectivity index (χ1) is 9.54. The Balaban J connectivity index is 2.33. The molecule has 0 fully saturated rings. The predicted octanol–water partition coefficient (Wildman–Crippen LogP) is 4.37. The van der Waals surface area contributed by atoms with Crippen LogP contribution in [0.1, 0.15) is 5.56 Å². The largest absolute Gasteiger partial charge is 0.495 e. The third kappa shape index (κ3) is 2.93. The molecule has 106 valence electrons. The van der Waals surface area contributed by atoms with Crippen LogP contribution in [-0.4, -0.2) is 14.2 Å². The predicted molar refractivity (Wildman–Crippen MR) is 79.2 cm³/mol. The summed E-state index contributed by atoms with van der Waals surface area (Å²) in [5, 5.41) is 0. The SMILES string of the molecule is COc1ccccc1N(C)Cc1c(F)ccc(Br)c1F. The smallest absolute Gasteiger partial charge is 0.145 e. The standard InChI is InChI=1S/C15H14BrF2NO/c1-19(13-5-3-4-6-14(13)20-2)9-10-12(17)8-7-11(16)15(10)18/h3-8H,9H2,1-2H3. The number of benzene rings is 2. The van der Waals surface area contributed by atoms with Gasteiger partial charge in [0.25, 0.3) is 0 Å². The molecule has 0 N–H and O–H groups in total. The van der Waals surface area contributed by atoms with Gasteiger partial charge >= 0.3 is 0 Å². The Morgan fingerprint density at radius 3 is 2.55 bits per heavy atom. The molecule has 0 aliphatic heterocycles. The molecule has 2 nitrogen and oxygen atoms in total. The van der Waals surface area contributed by atoms with Crippen molar-refractivity contribution in [3.8, 4) is 5.75 Å². The Kier molecular flexibility index (Phi) is 4.60. The first-order valence-electron chi connectivity index (χ1n) is 6.01. The molecule has 2 rings (SSSR count). The average Bonchev–Trinajstić information content (AvgIpc) is 2.47. The van der Waals surface area contributed by atoms with Crippen LogP contribution in [0, 0.1) is 11.6 Å². The fourth-order valence-electron chi connectivity index (χ4n) is 1.98. The van der Waals surface area contributed by atoms with E-state index in [2.05, 4.69) is 15.9 Å². The van der Waals surface area contributed by atoms with Crippen LogP contribution in [0.2, 0.25) is 0 Å². The van der Waals surface area contributed by atoms with Gasteiger partial charge in [0, 0.05) is 19.2 Å². The summed E-state index contributed by atoms with van der Waals surface area (Å²) in [6, 6.07) is 9.94. The van der Waals surface area contributed by atoms with Crippen LogP contribution in [-0.2, 0) is 6.54 Å². The van der Waals surface area contributed by atoms with Crippen LogP contribution in [0.25, 0.3) is 0 Å². The van der Waals surface area contributed by atoms with E-state index >= 15 is 0 Å². The van der Waals surface area contributed by atoms with Gasteiger partial charge in [-0.25, -0.2) is 8.78 Å². The van der Waals surface area contributed by atoms with E-state index in [1.165, 1.54) is 12.1 Å². The number of halogens is 3. The molecule has 0 saturated carbocycles. The van der Waals surface area contributed by atoms with E-state index in [-0.39, 0.29) is 16.6 Å². The molecule has 0 aliphatic rings. The number of methoxy groups -OCH3 is 1. The molecule has 0 saturated heterocycles. The van der Waals surface area contributed by atoms with Crippen LogP contribution < -0.4 is 9.64 Å². The molecule has 0 aliphatic carbocycles. The molecular formula is C15H14BrF2NO. The van der Waals surface area contributed by atoms with Gasteiger partial charge in [-0.3, -0.25) is 0 Å². The number of rotatable bonds is 4. The third-order valence-corrected chi connectivity index (χ3v) is 3.64. The normalized spacial score (nSPS) is 10.4. The second kappa shape index (κ2) is 6.22. The van der Waals surface area contributed by atoms with Crippen LogP contribution >= 0.6 is 15.9 Å². The Morgan fingerprint density at radius 2 is 1.85 bits per heavy atom. The summed E-state index contributed by atoms with van der Waals surface area (Å²) in [7, 11) is 3.32. The lowest BCUT2D eigenvalue weighted by molar-refractivity contribution is 0.414. The maximum Gasteiger partial charge on any atom is 0.145 e. The molecule has 0 heterocycles. The van der Waals surface area contributed by atoms with Gasteiger partial charge in [-0.1, -0.05) is 12.1 Å². The molecule has 0 spiro atoms. The third-order valence-electron chi connectivity index (χ3n) is 3.03. The van der Waals surface area contributed by atoms with Crippen molar-refractivity contribution in [2.75, 3.05) is 19.1 Å². The van der Waals surface area contributed by atoms with Crippen molar-refractivity contribution in [3.63, 3.8) is 0 Å². The van der Waals surface area contributed by atoms with Crippen LogP contribution in [0.5, 0.6) is 5.75 Å². The minimum absolute atomic E-state index is 0.0211. The van der Waals surface area contributed by atoms with Crippen LogP contribution in [0.3, 0.4) is 0 Å². The quantitative estimate of drug-likeness (QED) is 0.765. The van der Waals surface area contributed by atoms with Crippen LogP contribution in [0.15, 0.2) is 40.9 Å². The highest BCUT2D eigenvalue weighted by molar-refractivity contribution is 9.10. The van der Waals surface area contributed by atoms with E-state index in [1.54, 1.807) is 25.1 Å². The van der Waals surface area contributed by atoms with E-state index in [9.17, 15) is 8.78 Å². The molecule has 0 bridgehead atoms. The van der Waals surface area contributed by atoms with Gasteiger partial charge in [0.2, 0.25) is 0 Å². The molecule has 2 aromatic carbocycles. The van der Waals surface area contributed by atoms with E-state index in [1.807, 2.05) is 18.2 Å². The molecule has 0 amide bonds. The Hall–Kier alpha value is -1.62. The molecule has 20 heavy (non-hydrogen) atoms. The minimum atomic E-state index is -0.577. The fraction of sp³-hybridized carbons (Fsp3) is 0.200. The summed E-state index contributed by atoms with van der Waals surface area (Å²) in [5.41, 5.74) is 0.793. The first kappa shape index (κ1) is 14.8. The van der Waals surface area contributed by atoms with Crippen molar-refractivity contribution in [1.29, 1.82) is 0 Å². The summed E-state index contributed by atoms with van der Waals surface area (Å²) in [4.78, 5) is 1.74. The minimum Gasteiger partial charge on any atom is -0.495 e. The van der Waals surface area contributed by atoms with Crippen molar-refractivity contribution >= 4 is 21.6 Å². The maximum atomic E-state index is 14.0. The van der Waals surface area contributed by atoms with Crippen molar-refractivity contribution in [3.05, 3.63) is 58.1 Å². The zero-order valence-electron chi connectivity index (χ0n) is 11.2. The Bertz CT molecular complexity index is 619. The summed E-state index contributed by atoms with van der Waals surface area (Å²) >= 11 is 3.07. The maximum absolute atomic E-state index is 14.0. The van der Waals surface area contributed by atoms with Crippen molar-refractivity contribution < 1.29 is 13.5 Å². The first-order valence-corrected chi connectivity index (χ1v) is 6.80. The molecule has 0 radical (unpaired) electrons. The topological polar surface area (TPSA) is 12.5 Å². The van der Waals surface area contributed by atoms with Crippen molar-refractivity contribution in [2.45, 2.75) is 6.54 Å². The Labute approximate surface area is 125 Å². The van der Waals surface area contributed by atoms with Gasteiger partial charge in [0.15, 0.2) is 0 Å². The summed E-state index contributed by atoms with van der Waals surface area (Å²) in [6.07, 6.45) is 0. The molecule has 0 unspecified atom stereocenters. The van der Waals surface area contributed by atoms with Gasteiger partial charge in [0.05, 0.1) is 17.3 Å². The van der Waals surface area contributed by atoms with Gasteiger partial charge in [-0.05, 0) is 40.2 Å². The second-order valence-electron chi connectivity index (χ2n) is 4.35. The Morgan fingerprint density at radius 1 is 1.15 bits per heavy atom. The zero-order valence-corrected chi connectivity index (χ0v) is 12.7. The second-order valence-corrected chi connectivity index (χ2v) is 5.20. The molecule has 2 aromatic rings. The summed E-state index contributed by atoms with van der Waals surface area (Å²) in [5.74, 6) is -0.481. The highest BCUT2D eigenvalue weighted by Crippen LogP contribution is 2.29. The van der Waals surface area contributed by atoms with Gasteiger partial charge in [-0.2, -0.15) is 0 Å². The van der Waals surface area contributed by atoms with Crippen LogP contribution in [0.4, 0.5) is 14.5 Å². The lowest BCUT2D eigenvalue weighted by Crippen LogP contribution is -2.19. The zero-order chi connectivity index (χ0) is 14.7. The highest BCUT2D eigenvalue weighted by Gasteiger charge is 2.16. The van der Waals surface area contributed by atoms with Gasteiger partial charge in [-0.15, -0.1) is 0 Å². The number of ether oxygens (including phenoxy) is 1. The fourth-order valence-corrected chi connectivity index (χ4v) is 2.35. The number of hydrogen-bond acceptors (Lipinski definition) is 2. The average molecular weight is 342 g/mol. The van der Waals surface area contributed by atoms with E-state index < -0.39 is 11.6 Å². The number of nitrogens with zero attached hydrogens (tertiary/aromatic N) is 1. The van der Waals surface area contributed by atoms with E-state index in [0.717, 1.165) is 5.69 Å². The highest BCUT2D eigenvalue weighted by atomic mass is 79.9. The number of anilines is 1. The van der Waals surface area contributed by atoms with Gasteiger partial charge < -0.3 is 9.64 Å². The van der Waals surface area contributed by atoms with E-state index in [4.69, 9.17) is 4.74 Å². The number of para-hydroxylation sites is 2. The lowest BCUT2D eigenvalue weighted by atomic mass is 10.1. The summed E-state index contributed by atoms with van der Waals surface area (Å²) in [6.45, 7) is 0.109. The van der Waals surface area contributed by atoms with Crippen molar-refractivity contribution in [1.82, 2.24) is 0 Å². The van der Waals surface area contributed by atoms with E-state index in [0.29, 0.717) is 5.75 Å². The molecule has 0 atom stereocenters. The monoisotopic (exact) mass is 341 g/mol. The van der Waals surface area contributed by atoms with Crippen molar-refractivity contribution in [2.24, 2.45) is 0 Å². The van der Waals surface area contributed by atoms with Gasteiger partial charge in [0.1, 0.15) is 17.4 Å². The summed E-state index contributed by atoms with van der Waals surface area (Å²) < 4.78 is 33.2. The molecular weight excluding hydrogens is 328 g/mol. The molecule has 5 heteroatoms. The lowest BCUT2D eigenvalue weighted by Gasteiger charge is -2.22. The number of hydrogen-bond donors (Lipinski definition) is 0. The molecule has 0 aromatic heterocycles.